The molecule has 0 aliphatic rings. The molecular weight excluding hydrogens is 206 g/mol. The van der Waals surface area contributed by atoms with E-state index in [1.165, 1.54) is 7.11 Å². The largest absolute Gasteiger partial charge is 0.468 e. The number of rotatable bonds is 4. The van der Waals surface area contributed by atoms with Gasteiger partial charge in [0.1, 0.15) is 12.4 Å². The topological polar surface area (TPSA) is 68.5 Å². The van der Waals surface area contributed by atoms with Crippen molar-refractivity contribution in [3.05, 3.63) is 17.8 Å². The number of carbonyl (C=O) groups excluding carboxylic acids is 1. The highest BCUT2D eigenvalue weighted by Gasteiger charge is 2.13. The second-order valence-electron chi connectivity index (χ2n) is 3.50. The molecule has 1 heterocycles. The van der Waals surface area contributed by atoms with Gasteiger partial charge in [-0.25, -0.2) is 4.98 Å². The molecule has 0 radical (unpaired) electrons. The third kappa shape index (κ3) is 2.85. The van der Waals surface area contributed by atoms with E-state index in [0.29, 0.717) is 12.2 Å². The van der Waals surface area contributed by atoms with Crippen molar-refractivity contribution in [3.8, 4) is 0 Å². The standard InChI is InChI=1S/C11H17N3O2/c1-4-14(7-10(15)16-3)11-8(2)5-9(12)6-13-11/h5-6H,4,7,12H2,1-3H3. The number of carbonyl (C=O) groups is 1. The van der Waals surface area contributed by atoms with Crippen LogP contribution in [-0.2, 0) is 9.53 Å². The number of nitrogens with two attached hydrogens (primary N) is 1. The summed E-state index contributed by atoms with van der Waals surface area (Å²) < 4.78 is 4.63. The fourth-order valence-corrected chi connectivity index (χ4v) is 1.48. The molecule has 16 heavy (non-hydrogen) atoms. The minimum atomic E-state index is -0.278. The predicted molar refractivity (Wildman–Crippen MR) is 63.3 cm³/mol. The van der Waals surface area contributed by atoms with Crippen molar-refractivity contribution < 1.29 is 9.53 Å². The molecule has 1 aromatic rings. The van der Waals surface area contributed by atoms with Gasteiger partial charge in [-0.15, -0.1) is 0 Å². The molecule has 5 nitrogen and oxygen atoms in total. The summed E-state index contributed by atoms with van der Waals surface area (Å²) in [4.78, 5) is 17.3. The highest BCUT2D eigenvalue weighted by molar-refractivity contribution is 5.75. The number of nitrogen functional groups attached to an aromatic ring is 1. The third-order valence-corrected chi connectivity index (χ3v) is 2.30. The first kappa shape index (κ1) is 12.3. The second kappa shape index (κ2) is 5.34. The summed E-state index contributed by atoms with van der Waals surface area (Å²) in [5.41, 5.74) is 7.19. The number of hydrogen-bond acceptors (Lipinski definition) is 5. The quantitative estimate of drug-likeness (QED) is 0.770. The maximum Gasteiger partial charge on any atom is 0.325 e. The van der Waals surface area contributed by atoms with Gasteiger partial charge in [-0.3, -0.25) is 4.79 Å². The molecule has 0 atom stereocenters. The van der Waals surface area contributed by atoms with Gasteiger partial charge in [-0.05, 0) is 25.5 Å². The van der Waals surface area contributed by atoms with Gasteiger partial charge in [0.25, 0.3) is 0 Å². The minimum absolute atomic E-state index is 0.199. The molecule has 0 saturated carbocycles. The van der Waals surface area contributed by atoms with Crippen molar-refractivity contribution in [2.75, 3.05) is 30.8 Å². The van der Waals surface area contributed by atoms with E-state index in [-0.39, 0.29) is 12.5 Å². The summed E-state index contributed by atoms with van der Waals surface area (Å²) in [5, 5.41) is 0. The normalized spacial score (nSPS) is 9.94. The lowest BCUT2D eigenvalue weighted by Crippen LogP contribution is -2.31. The molecule has 0 unspecified atom stereocenters. The first-order valence-electron chi connectivity index (χ1n) is 5.12. The Bertz CT molecular complexity index is 379. The van der Waals surface area contributed by atoms with Gasteiger partial charge >= 0.3 is 5.97 Å². The van der Waals surface area contributed by atoms with E-state index < -0.39 is 0 Å². The molecule has 0 bridgehead atoms. The number of likely N-dealkylation sites (N-methyl/N-ethyl adjacent to an activating group) is 1. The lowest BCUT2D eigenvalue weighted by molar-refractivity contribution is -0.138. The molecule has 0 aromatic carbocycles. The third-order valence-electron chi connectivity index (χ3n) is 2.30. The van der Waals surface area contributed by atoms with Gasteiger partial charge in [0.15, 0.2) is 0 Å². The summed E-state index contributed by atoms with van der Waals surface area (Å²) >= 11 is 0. The van der Waals surface area contributed by atoms with Crippen molar-refractivity contribution >= 4 is 17.5 Å². The molecule has 0 aliphatic carbocycles. The van der Waals surface area contributed by atoms with E-state index >= 15 is 0 Å². The Balaban J connectivity index is 2.90. The van der Waals surface area contributed by atoms with Crippen LogP contribution in [0.3, 0.4) is 0 Å². The zero-order valence-corrected chi connectivity index (χ0v) is 9.86. The number of nitrogens with zero attached hydrogens (tertiary/aromatic N) is 2. The number of esters is 1. The van der Waals surface area contributed by atoms with Crippen LogP contribution in [0, 0.1) is 6.92 Å². The monoisotopic (exact) mass is 223 g/mol. The Labute approximate surface area is 95.2 Å². The number of anilines is 2. The van der Waals surface area contributed by atoms with E-state index in [0.717, 1.165) is 11.4 Å². The first-order valence-corrected chi connectivity index (χ1v) is 5.12. The lowest BCUT2D eigenvalue weighted by atomic mass is 10.2. The molecule has 2 N–H and O–H groups in total. The smallest absolute Gasteiger partial charge is 0.325 e. The van der Waals surface area contributed by atoms with Crippen LogP contribution >= 0.6 is 0 Å². The molecule has 1 aromatic heterocycles. The van der Waals surface area contributed by atoms with Gasteiger partial charge in [-0.2, -0.15) is 0 Å². The second-order valence-corrected chi connectivity index (χ2v) is 3.50. The predicted octanol–water partition coefficient (Wildman–Crippen LogP) is 0.972. The van der Waals surface area contributed by atoms with Crippen molar-refractivity contribution in [1.29, 1.82) is 0 Å². The van der Waals surface area contributed by atoms with Gasteiger partial charge in [0.05, 0.1) is 19.0 Å². The summed E-state index contributed by atoms with van der Waals surface area (Å²) in [6.45, 7) is 4.76. The minimum Gasteiger partial charge on any atom is -0.468 e. The van der Waals surface area contributed by atoms with Crippen LogP contribution in [0.25, 0.3) is 0 Å². The van der Waals surface area contributed by atoms with Crippen LogP contribution in [-0.4, -0.2) is 31.2 Å². The number of methoxy groups -OCH3 is 1. The Kier molecular flexibility index (Phi) is 4.10. The van der Waals surface area contributed by atoms with Crippen molar-refractivity contribution in [2.45, 2.75) is 13.8 Å². The average Bonchev–Trinajstić information content (AvgIpc) is 2.26. The van der Waals surface area contributed by atoms with Crippen molar-refractivity contribution in [2.24, 2.45) is 0 Å². The SMILES string of the molecule is CCN(CC(=O)OC)c1ncc(N)cc1C. The number of pyridine rings is 1. The Morgan fingerprint density at radius 3 is 2.81 bits per heavy atom. The molecule has 0 saturated heterocycles. The van der Waals surface area contributed by atoms with Gasteiger partial charge in [-0.1, -0.05) is 0 Å². The molecule has 0 aliphatic heterocycles. The zero-order valence-electron chi connectivity index (χ0n) is 9.86. The lowest BCUT2D eigenvalue weighted by Gasteiger charge is -2.22. The Hall–Kier alpha value is -1.78. The molecular formula is C11H17N3O2. The van der Waals surface area contributed by atoms with E-state index in [4.69, 9.17) is 5.73 Å². The average molecular weight is 223 g/mol. The molecule has 0 spiro atoms. The van der Waals surface area contributed by atoms with Crippen LogP contribution in [0.15, 0.2) is 12.3 Å². The van der Waals surface area contributed by atoms with Crippen LogP contribution in [0.4, 0.5) is 11.5 Å². The van der Waals surface area contributed by atoms with E-state index in [1.54, 1.807) is 6.20 Å². The number of ether oxygens (including phenoxy) is 1. The molecule has 88 valence electrons. The van der Waals surface area contributed by atoms with Crippen LogP contribution in [0.1, 0.15) is 12.5 Å². The van der Waals surface area contributed by atoms with E-state index in [1.807, 2.05) is 24.8 Å². The van der Waals surface area contributed by atoms with Crippen molar-refractivity contribution in [1.82, 2.24) is 4.98 Å². The van der Waals surface area contributed by atoms with Crippen molar-refractivity contribution in [3.63, 3.8) is 0 Å². The maximum absolute atomic E-state index is 11.2. The van der Waals surface area contributed by atoms with Crippen LogP contribution in [0.2, 0.25) is 0 Å². The summed E-state index contributed by atoms with van der Waals surface area (Å²) in [6, 6.07) is 1.84. The van der Waals surface area contributed by atoms with Crippen LogP contribution < -0.4 is 10.6 Å². The van der Waals surface area contributed by atoms with E-state index in [9.17, 15) is 4.79 Å². The highest BCUT2D eigenvalue weighted by Crippen LogP contribution is 2.18. The summed E-state index contributed by atoms with van der Waals surface area (Å²) in [6.07, 6.45) is 1.59. The fourth-order valence-electron chi connectivity index (χ4n) is 1.48. The van der Waals surface area contributed by atoms with Crippen LogP contribution in [0.5, 0.6) is 0 Å². The molecule has 0 amide bonds. The summed E-state index contributed by atoms with van der Waals surface area (Å²) in [7, 11) is 1.37. The van der Waals surface area contributed by atoms with Gasteiger partial charge in [0, 0.05) is 6.54 Å². The zero-order chi connectivity index (χ0) is 12.1. The Morgan fingerprint density at radius 2 is 2.31 bits per heavy atom. The number of aromatic nitrogens is 1. The summed E-state index contributed by atoms with van der Waals surface area (Å²) in [5.74, 6) is 0.488. The molecule has 0 fully saturated rings. The fraction of sp³-hybridized carbons (Fsp3) is 0.455. The Morgan fingerprint density at radius 1 is 1.62 bits per heavy atom. The van der Waals surface area contributed by atoms with Gasteiger partial charge < -0.3 is 15.4 Å². The highest BCUT2D eigenvalue weighted by atomic mass is 16.5. The number of hydrogen-bond donors (Lipinski definition) is 1. The first-order chi connectivity index (χ1) is 7.58. The van der Waals surface area contributed by atoms with Gasteiger partial charge in [0.2, 0.25) is 0 Å². The molecule has 5 heteroatoms. The number of aryl methyl sites for hydroxylation is 1. The molecule has 1 rings (SSSR count). The maximum atomic E-state index is 11.2. The van der Waals surface area contributed by atoms with E-state index in [2.05, 4.69) is 9.72 Å².